The molecule has 0 atom stereocenters. The predicted octanol–water partition coefficient (Wildman–Crippen LogP) is 2.38. The Bertz CT molecular complexity index is 441. The fraction of sp³-hybridized carbons (Fsp3) is 0.273. The third-order valence-corrected chi connectivity index (χ3v) is 2.08. The number of rotatable bonds is 2. The fourth-order valence-corrected chi connectivity index (χ4v) is 1.19. The average molecular weight is 244 g/mol. The molecule has 16 heavy (non-hydrogen) atoms. The number of hydrogen-bond acceptors (Lipinski definition) is 2. The van der Waals surface area contributed by atoms with E-state index in [1.54, 1.807) is 0 Å². The van der Waals surface area contributed by atoms with Gasteiger partial charge in [-0.2, -0.15) is 8.42 Å². The van der Waals surface area contributed by atoms with Crippen LogP contribution >= 0.6 is 0 Å². The molecule has 0 aliphatic heterocycles. The molecule has 5 heteroatoms. The molecule has 0 fully saturated rings. The second kappa shape index (κ2) is 6.42. The van der Waals surface area contributed by atoms with Crippen LogP contribution in [0.4, 0.5) is 0 Å². The van der Waals surface area contributed by atoms with Crippen molar-refractivity contribution < 1.29 is 17.5 Å². The Morgan fingerprint density at radius 3 is 2.25 bits per heavy atom. The fourth-order valence-electron chi connectivity index (χ4n) is 1.19. The summed E-state index contributed by atoms with van der Waals surface area (Å²) in [6.45, 7) is 8.03. The van der Waals surface area contributed by atoms with E-state index in [0.717, 1.165) is 6.42 Å². The maximum absolute atomic E-state index is 8.74. The highest BCUT2D eigenvalue weighted by Gasteiger charge is 1.96. The summed E-state index contributed by atoms with van der Waals surface area (Å²) >= 11 is 0. The Morgan fingerprint density at radius 1 is 1.31 bits per heavy atom. The quantitative estimate of drug-likeness (QED) is 0.618. The zero-order valence-electron chi connectivity index (χ0n) is 9.34. The highest BCUT2D eigenvalue weighted by Crippen LogP contribution is 2.12. The van der Waals surface area contributed by atoms with Crippen molar-refractivity contribution in [1.29, 1.82) is 0 Å². The Morgan fingerprint density at radius 2 is 1.81 bits per heavy atom. The molecule has 0 heterocycles. The minimum atomic E-state index is -4.67. The van der Waals surface area contributed by atoms with Crippen LogP contribution in [0.2, 0.25) is 0 Å². The zero-order valence-corrected chi connectivity index (χ0v) is 10.2. The largest absolute Gasteiger partial charge is 0.394 e. The lowest BCUT2D eigenvalue weighted by atomic mass is 10.0. The molecular formula is C11H16O4S. The van der Waals surface area contributed by atoms with E-state index < -0.39 is 10.4 Å². The van der Waals surface area contributed by atoms with Crippen LogP contribution in [-0.4, -0.2) is 17.5 Å². The van der Waals surface area contributed by atoms with Crippen molar-refractivity contribution in [3.8, 4) is 0 Å². The van der Waals surface area contributed by atoms with Crippen molar-refractivity contribution in [2.45, 2.75) is 20.3 Å². The lowest BCUT2D eigenvalue weighted by molar-refractivity contribution is 0.381. The summed E-state index contributed by atoms with van der Waals surface area (Å²) in [6.07, 6.45) is 2.93. The number of hydrogen-bond donors (Lipinski definition) is 2. The third-order valence-electron chi connectivity index (χ3n) is 2.08. The van der Waals surface area contributed by atoms with Crippen LogP contribution in [0.15, 0.2) is 30.9 Å². The van der Waals surface area contributed by atoms with Crippen LogP contribution < -0.4 is 0 Å². The van der Waals surface area contributed by atoms with Gasteiger partial charge in [0.2, 0.25) is 0 Å². The Hall–Kier alpha value is -1.17. The van der Waals surface area contributed by atoms with Gasteiger partial charge in [-0.05, 0) is 37.0 Å². The topological polar surface area (TPSA) is 74.6 Å². The Labute approximate surface area is 96.2 Å². The molecule has 0 radical (unpaired) electrons. The molecule has 0 bridgehead atoms. The number of benzene rings is 1. The summed E-state index contributed by atoms with van der Waals surface area (Å²) in [6, 6.07) is 6.40. The van der Waals surface area contributed by atoms with Gasteiger partial charge in [0.15, 0.2) is 0 Å². The minimum absolute atomic E-state index is 0.980. The van der Waals surface area contributed by atoms with Crippen LogP contribution in [0.3, 0.4) is 0 Å². The van der Waals surface area contributed by atoms with E-state index in [9.17, 15) is 0 Å². The van der Waals surface area contributed by atoms with Crippen LogP contribution in [0, 0.1) is 13.8 Å². The SMILES string of the molecule is C=CCc1cccc(C)c1C.O=S(=O)(O)O. The summed E-state index contributed by atoms with van der Waals surface area (Å²) in [4.78, 5) is 0. The lowest BCUT2D eigenvalue weighted by Crippen LogP contribution is -1.89. The van der Waals surface area contributed by atoms with Gasteiger partial charge in [-0.3, -0.25) is 9.11 Å². The molecule has 1 rings (SSSR count). The van der Waals surface area contributed by atoms with Crippen LogP contribution in [0.25, 0.3) is 0 Å². The van der Waals surface area contributed by atoms with E-state index in [1.807, 2.05) is 6.08 Å². The van der Waals surface area contributed by atoms with Crippen molar-refractivity contribution in [2.75, 3.05) is 0 Å². The smallest absolute Gasteiger partial charge is 0.264 e. The molecule has 0 amide bonds. The molecule has 0 aliphatic rings. The molecule has 0 unspecified atom stereocenters. The second-order valence-corrected chi connectivity index (χ2v) is 4.20. The standard InChI is InChI=1S/C11H14.H2O4S/c1-4-6-11-8-5-7-9(2)10(11)3;1-5(2,3)4/h4-5,7-8H,1,6H2,2-3H3;(H2,1,2,3,4). The predicted molar refractivity (Wildman–Crippen MR) is 64.0 cm³/mol. The monoisotopic (exact) mass is 244 g/mol. The third kappa shape index (κ3) is 7.17. The van der Waals surface area contributed by atoms with E-state index in [4.69, 9.17) is 17.5 Å². The first-order valence-electron chi connectivity index (χ1n) is 4.61. The van der Waals surface area contributed by atoms with Crippen LogP contribution in [0.5, 0.6) is 0 Å². The van der Waals surface area contributed by atoms with Crippen LogP contribution in [0.1, 0.15) is 16.7 Å². The maximum atomic E-state index is 8.74. The van der Waals surface area contributed by atoms with Gasteiger partial charge >= 0.3 is 10.4 Å². The van der Waals surface area contributed by atoms with Gasteiger partial charge in [0.1, 0.15) is 0 Å². The minimum Gasteiger partial charge on any atom is -0.264 e. The Balaban J connectivity index is 0.000000385. The van der Waals surface area contributed by atoms with Crippen molar-refractivity contribution in [2.24, 2.45) is 0 Å². The summed E-state index contributed by atoms with van der Waals surface area (Å²) in [7, 11) is -4.67. The van der Waals surface area contributed by atoms with E-state index in [-0.39, 0.29) is 0 Å². The van der Waals surface area contributed by atoms with Gasteiger partial charge in [0, 0.05) is 0 Å². The van der Waals surface area contributed by atoms with Crippen molar-refractivity contribution in [1.82, 2.24) is 0 Å². The Kier molecular flexibility index (Phi) is 5.95. The molecule has 1 aromatic rings. The van der Waals surface area contributed by atoms with Crippen molar-refractivity contribution in [3.05, 3.63) is 47.5 Å². The molecule has 0 aliphatic carbocycles. The summed E-state index contributed by atoms with van der Waals surface area (Å²) in [5, 5.41) is 0. The molecule has 1 aromatic carbocycles. The highest BCUT2D eigenvalue weighted by molar-refractivity contribution is 7.79. The molecule has 90 valence electrons. The normalized spacial score (nSPS) is 10.2. The molecule has 4 nitrogen and oxygen atoms in total. The average Bonchev–Trinajstić information content (AvgIpc) is 2.10. The zero-order chi connectivity index (χ0) is 12.8. The van der Waals surface area contributed by atoms with Gasteiger partial charge in [0.05, 0.1) is 0 Å². The molecular weight excluding hydrogens is 228 g/mol. The first-order valence-corrected chi connectivity index (χ1v) is 6.01. The molecule has 0 aromatic heterocycles. The van der Waals surface area contributed by atoms with E-state index in [1.165, 1.54) is 16.7 Å². The summed E-state index contributed by atoms with van der Waals surface area (Å²) in [5.74, 6) is 0. The summed E-state index contributed by atoms with van der Waals surface area (Å²) in [5.41, 5.74) is 4.15. The van der Waals surface area contributed by atoms with Gasteiger partial charge in [-0.15, -0.1) is 6.58 Å². The summed E-state index contributed by atoms with van der Waals surface area (Å²) < 4.78 is 31.6. The molecule has 0 spiro atoms. The van der Waals surface area contributed by atoms with Gasteiger partial charge < -0.3 is 0 Å². The van der Waals surface area contributed by atoms with Crippen LogP contribution in [-0.2, 0) is 16.8 Å². The number of allylic oxidation sites excluding steroid dienone is 1. The molecule has 0 saturated carbocycles. The van der Waals surface area contributed by atoms with Gasteiger partial charge in [-0.25, -0.2) is 0 Å². The van der Waals surface area contributed by atoms with Crippen molar-refractivity contribution >= 4 is 10.4 Å². The molecule has 2 N–H and O–H groups in total. The first kappa shape index (κ1) is 14.8. The van der Waals surface area contributed by atoms with E-state index >= 15 is 0 Å². The van der Waals surface area contributed by atoms with E-state index in [2.05, 4.69) is 38.6 Å². The lowest BCUT2D eigenvalue weighted by Gasteiger charge is -2.04. The first-order chi connectivity index (χ1) is 7.25. The highest BCUT2D eigenvalue weighted by atomic mass is 32.3. The van der Waals surface area contributed by atoms with E-state index in [0.29, 0.717) is 0 Å². The number of aryl methyl sites for hydroxylation is 1. The van der Waals surface area contributed by atoms with Gasteiger partial charge in [0.25, 0.3) is 0 Å². The molecule has 0 saturated heterocycles. The van der Waals surface area contributed by atoms with Crippen molar-refractivity contribution in [3.63, 3.8) is 0 Å². The maximum Gasteiger partial charge on any atom is 0.394 e. The second-order valence-electron chi connectivity index (χ2n) is 3.30. The van der Waals surface area contributed by atoms with Gasteiger partial charge in [-0.1, -0.05) is 24.3 Å².